The molecule has 1 amide bonds. The number of benzene rings is 2. The smallest absolute Gasteiger partial charge is 0.239 e. The number of carbonyl (C=O) groups is 1. The summed E-state index contributed by atoms with van der Waals surface area (Å²) in [5.41, 5.74) is 11.3. The highest BCUT2D eigenvalue weighted by Crippen LogP contribution is 2.30. The molecule has 0 saturated heterocycles. The predicted octanol–water partition coefficient (Wildman–Crippen LogP) is 2.57. The van der Waals surface area contributed by atoms with E-state index in [4.69, 9.17) is 5.73 Å². The van der Waals surface area contributed by atoms with Crippen LogP contribution >= 0.6 is 0 Å². The van der Waals surface area contributed by atoms with Crippen molar-refractivity contribution in [1.82, 2.24) is 15.1 Å². The van der Waals surface area contributed by atoms with Gasteiger partial charge >= 0.3 is 0 Å². The molecule has 2 heterocycles. The van der Waals surface area contributed by atoms with Gasteiger partial charge in [0.1, 0.15) is 0 Å². The summed E-state index contributed by atoms with van der Waals surface area (Å²) in [7, 11) is 0. The standard InChI is InChI=1S/C22H25N5O/c23-20-9-4-10-21-19(20)8-5-13-26(21)16-22(28)24-12-11-17-14-25-27(15-17)18-6-2-1-3-7-18/h1-4,6-7,9-10,14-15H,5,8,11-13,16,23H2,(H,24,28). The summed E-state index contributed by atoms with van der Waals surface area (Å²) < 4.78 is 1.85. The number of amides is 1. The second kappa shape index (κ2) is 8.17. The predicted molar refractivity (Wildman–Crippen MR) is 112 cm³/mol. The molecule has 0 saturated carbocycles. The first-order chi connectivity index (χ1) is 13.7. The number of aromatic nitrogens is 2. The molecule has 3 N–H and O–H groups in total. The molecule has 0 atom stereocenters. The number of nitrogens with zero attached hydrogens (tertiary/aromatic N) is 3. The lowest BCUT2D eigenvalue weighted by Gasteiger charge is -2.31. The Labute approximate surface area is 165 Å². The van der Waals surface area contributed by atoms with Gasteiger partial charge < -0.3 is 16.0 Å². The highest BCUT2D eigenvalue weighted by molar-refractivity contribution is 5.82. The lowest BCUT2D eigenvalue weighted by atomic mass is 10.00. The largest absolute Gasteiger partial charge is 0.398 e. The maximum atomic E-state index is 12.4. The van der Waals surface area contributed by atoms with Crippen LogP contribution in [0.25, 0.3) is 5.69 Å². The summed E-state index contributed by atoms with van der Waals surface area (Å²) >= 11 is 0. The van der Waals surface area contributed by atoms with E-state index in [1.807, 2.05) is 59.5 Å². The molecule has 3 aromatic rings. The number of carbonyl (C=O) groups excluding carboxylic acids is 1. The Kier molecular flexibility index (Phi) is 5.28. The topological polar surface area (TPSA) is 76.2 Å². The molecule has 1 aliphatic heterocycles. The lowest BCUT2D eigenvalue weighted by molar-refractivity contribution is -0.119. The summed E-state index contributed by atoms with van der Waals surface area (Å²) in [6.07, 6.45) is 6.61. The van der Waals surface area contributed by atoms with E-state index in [0.29, 0.717) is 13.1 Å². The third-order valence-electron chi connectivity index (χ3n) is 5.11. The quantitative estimate of drug-likeness (QED) is 0.649. The molecule has 0 unspecified atom stereocenters. The van der Waals surface area contributed by atoms with Gasteiger partial charge in [-0.15, -0.1) is 0 Å². The van der Waals surface area contributed by atoms with Crippen molar-refractivity contribution in [2.45, 2.75) is 19.3 Å². The Balaban J connectivity index is 1.29. The van der Waals surface area contributed by atoms with Gasteiger partial charge in [0.15, 0.2) is 0 Å². The highest BCUT2D eigenvalue weighted by Gasteiger charge is 2.20. The van der Waals surface area contributed by atoms with Crippen LogP contribution in [0.3, 0.4) is 0 Å². The number of nitrogens with two attached hydrogens (primary N) is 1. The van der Waals surface area contributed by atoms with Crippen molar-refractivity contribution in [3.05, 3.63) is 72.1 Å². The van der Waals surface area contributed by atoms with Gasteiger partial charge in [0.05, 0.1) is 18.4 Å². The molecule has 144 valence electrons. The summed E-state index contributed by atoms with van der Waals surface area (Å²) in [6, 6.07) is 15.9. The molecule has 1 aliphatic rings. The monoisotopic (exact) mass is 375 g/mol. The van der Waals surface area contributed by atoms with Crippen LogP contribution in [0.1, 0.15) is 17.5 Å². The number of hydrogen-bond donors (Lipinski definition) is 2. The third-order valence-corrected chi connectivity index (χ3v) is 5.11. The second-order valence-electron chi connectivity index (χ2n) is 7.10. The number of nitrogens with one attached hydrogen (secondary N) is 1. The molecule has 1 aromatic heterocycles. The number of hydrogen-bond acceptors (Lipinski definition) is 4. The zero-order valence-corrected chi connectivity index (χ0v) is 15.8. The van der Waals surface area contributed by atoms with E-state index in [9.17, 15) is 4.79 Å². The average Bonchev–Trinajstić information content (AvgIpc) is 3.18. The van der Waals surface area contributed by atoms with Crippen LogP contribution < -0.4 is 16.0 Å². The highest BCUT2D eigenvalue weighted by atomic mass is 16.2. The Morgan fingerprint density at radius 2 is 2.00 bits per heavy atom. The lowest BCUT2D eigenvalue weighted by Crippen LogP contribution is -2.40. The molecular weight excluding hydrogens is 350 g/mol. The molecule has 0 aliphatic carbocycles. The van der Waals surface area contributed by atoms with Crippen molar-refractivity contribution in [1.29, 1.82) is 0 Å². The Hall–Kier alpha value is -3.28. The summed E-state index contributed by atoms with van der Waals surface area (Å²) in [5, 5.41) is 7.42. The van der Waals surface area contributed by atoms with Crippen molar-refractivity contribution in [3.8, 4) is 5.69 Å². The molecule has 2 aromatic carbocycles. The molecule has 0 spiro atoms. The molecule has 6 heteroatoms. The van der Waals surface area contributed by atoms with Gasteiger partial charge in [0.2, 0.25) is 5.91 Å². The van der Waals surface area contributed by atoms with Gasteiger partial charge in [-0.25, -0.2) is 4.68 Å². The SMILES string of the molecule is Nc1cccc2c1CCCN2CC(=O)NCCc1cnn(-c2ccccc2)c1. The maximum absolute atomic E-state index is 12.4. The molecule has 0 fully saturated rings. The summed E-state index contributed by atoms with van der Waals surface area (Å²) in [6.45, 7) is 1.84. The average molecular weight is 375 g/mol. The van der Waals surface area contributed by atoms with Crippen LogP contribution in [-0.2, 0) is 17.6 Å². The minimum atomic E-state index is 0.0331. The number of para-hydroxylation sites is 1. The third kappa shape index (κ3) is 4.01. The van der Waals surface area contributed by atoms with Crippen LogP contribution in [-0.4, -0.2) is 35.3 Å². The fraction of sp³-hybridized carbons (Fsp3) is 0.273. The van der Waals surface area contributed by atoms with Gasteiger partial charge in [0.25, 0.3) is 0 Å². The van der Waals surface area contributed by atoms with Crippen molar-refractivity contribution >= 4 is 17.3 Å². The summed E-state index contributed by atoms with van der Waals surface area (Å²) in [4.78, 5) is 14.5. The van der Waals surface area contributed by atoms with Gasteiger partial charge in [-0.2, -0.15) is 5.10 Å². The van der Waals surface area contributed by atoms with Gasteiger partial charge in [0, 0.05) is 30.7 Å². The van der Waals surface area contributed by atoms with E-state index < -0.39 is 0 Å². The van der Waals surface area contributed by atoms with Crippen molar-refractivity contribution in [3.63, 3.8) is 0 Å². The fourth-order valence-corrected chi connectivity index (χ4v) is 3.68. The van der Waals surface area contributed by atoms with E-state index in [1.165, 1.54) is 0 Å². The number of nitrogen functional groups attached to an aromatic ring is 1. The first-order valence-electron chi connectivity index (χ1n) is 9.69. The van der Waals surface area contributed by atoms with Crippen LogP contribution in [0.15, 0.2) is 60.9 Å². The number of anilines is 2. The molecule has 0 bridgehead atoms. The van der Waals surface area contributed by atoms with E-state index >= 15 is 0 Å². The van der Waals surface area contributed by atoms with E-state index in [2.05, 4.69) is 21.4 Å². The Morgan fingerprint density at radius 3 is 2.86 bits per heavy atom. The first kappa shape index (κ1) is 18.1. The molecule has 28 heavy (non-hydrogen) atoms. The maximum Gasteiger partial charge on any atom is 0.239 e. The summed E-state index contributed by atoms with van der Waals surface area (Å²) in [5.74, 6) is 0.0331. The molecule has 4 rings (SSSR count). The van der Waals surface area contributed by atoms with E-state index in [0.717, 1.165) is 54.0 Å². The number of rotatable bonds is 6. The second-order valence-corrected chi connectivity index (χ2v) is 7.10. The molecule has 0 radical (unpaired) electrons. The normalized spacial score (nSPS) is 13.2. The van der Waals surface area contributed by atoms with Crippen LogP contribution in [0.2, 0.25) is 0 Å². The minimum Gasteiger partial charge on any atom is -0.398 e. The van der Waals surface area contributed by atoms with Crippen molar-refractivity contribution < 1.29 is 4.79 Å². The van der Waals surface area contributed by atoms with Crippen LogP contribution in [0.4, 0.5) is 11.4 Å². The first-order valence-corrected chi connectivity index (χ1v) is 9.69. The van der Waals surface area contributed by atoms with Gasteiger partial charge in [-0.05, 0) is 54.7 Å². The Morgan fingerprint density at radius 1 is 1.14 bits per heavy atom. The van der Waals surface area contributed by atoms with E-state index in [-0.39, 0.29) is 5.91 Å². The minimum absolute atomic E-state index is 0.0331. The van der Waals surface area contributed by atoms with Crippen LogP contribution in [0, 0.1) is 0 Å². The van der Waals surface area contributed by atoms with Crippen molar-refractivity contribution in [2.75, 3.05) is 30.3 Å². The zero-order valence-electron chi connectivity index (χ0n) is 15.8. The van der Waals surface area contributed by atoms with Crippen LogP contribution in [0.5, 0.6) is 0 Å². The van der Waals surface area contributed by atoms with Gasteiger partial charge in [-0.3, -0.25) is 4.79 Å². The Bertz CT molecular complexity index is 951. The molecular formula is C22H25N5O. The molecule has 6 nitrogen and oxygen atoms in total. The fourth-order valence-electron chi connectivity index (χ4n) is 3.68. The van der Waals surface area contributed by atoms with E-state index in [1.54, 1.807) is 0 Å². The number of fused-ring (bicyclic) bond motifs is 1. The van der Waals surface area contributed by atoms with Crippen molar-refractivity contribution in [2.24, 2.45) is 0 Å². The zero-order chi connectivity index (χ0) is 19.3. The van der Waals surface area contributed by atoms with Gasteiger partial charge in [-0.1, -0.05) is 24.3 Å².